The molecule has 4 aromatic carbocycles. The first-order valence-electron chi connectivity index (χ1n) is 15.1. The number of benzene rings is 4. The number of esters is 2. The highest BCUT2D eigenvalue weighted by Gasteiger charge is 2.15. The van der Waals surface area contributed by atoms with Crippen LogP contribution in [0.2, 0.25) is 0 Å². The van der Waals surface area contributed by atoms with Gasteiger partial charge in [0.2, 0.25) is 5.16 Å². The van der Waals surface area contributed by atoms with E-state index >= 15 is 0 Å². The highest BCUT2D eigenvalue weighted by molar-refractivity contribution is 7.98. The third kappa shape index (κ3) is 7.88. The second-order valence-electron chi connectivity index (χ2n) is 10.7. The highest BCUT2D eigenvalue weighted by atomic mass is 32.2. The summed E-state index contributed by atoms with van der Waals surface area (Å²) in [4.78, 5) is 29.4. The molecule has 0 saturated carbocycles. The number of carbonyl (C=O) groups is 2. The van der Waals surface area contributed by atoms with Crippen molar-refractivity contribution in [1.29, 1.82) is 0 Å². The molecular weight excluding hydrogens is 582 g/mol. The largest absolute Gasteiger partial charge is 0.465 e. The number of ether oxygens (including phenoxy) is 2. The number of methoxy groups -OCH3 is 2. The summed E-state index contributed by atoms with van der Waals surface area (Å²) in [5.74, 6) is 1.02. The number of hydrogen-bond donors (Lipinski definition) is 0. The molecule has 7 nitrogen and oxygen atoms in total. The van der Waals surface area contributed by atoms with Crippen LogP contribution in [0.4, 0.5) is 0 Å². The lowest BCUT2D eigenvalue weighted by atomic mass is 9.98. The second kappa shape index (κ2) is 15.3. The van der Waals surface area contributed by atoms with Crippen molar-refractivity contribution in [3.8, 4) is 22.3 Å². The molecular formula is C37H37N3O4S. The maximum absolute atomic E-state index is 12.3. The number of aromatic nitrogens is 3. The SMILES string of the molecule is CCCCCc1nc(SCc2ccc(-c3ccccc3C(=O)OC)cc2)nn1Cc1ccc(-c2ccccc2C(=O)OC)cc1. The number of hydrogen-bond acceptors (Lipinski definition) is 7. The Kier molecular flexibility index (Phi) is 10.8. The first kappa shape index (κ1) is 31.7. The Bertz CT molecular complexity index is 1750. The number of carbonyl (C=O) groups excluding carboxylic acids is 2. The predicted octanol–water partition coefficient (Wildman–Crippen LogP) is 8.26. The minimum Gasteiger partial charge on any atom is -0.465 e. The zero-order valence-corrected chi connectivity index (χ0v) is 26.7. The van der Waals surface area contributed by atoms with Crippen LogP contribution < -0.4 is 0 Å². The molecule has 1 heterocycles. The topological polar surface area (TPSA) is 83.3 Å². The maximum atomic E-state index is 12.3. The number of thioether (sulfide) groups is 1. The van der Waals surface area contributed by atoms with Crippen molar-refractivity contribution in [3.63, 3.8) is 0 Å². The molecule has 5 aromatic rings. The molecule has 1 aromatic heterocycles. The van der Waals surface area contributed by atoms with E-state index in [2.05, 4.69) is 31.2 Å². The summed E-state index contributed by atoms with van der Waals surface area (Å²) in [6, 6.07) is 31.4. The number of aryl methyl sites for hydroxylation is 1. The van der Waals surface area contributed by atoms with Crippen molar-refractivity contribution in [1.82, 2.24) is 14.8 Å². The van der Waals surface area contributed by atoms with Crippen LogP contribution in [-0.2, 0) is 28.2 Å². The third-order valence-electron chi connectivity index (χ3n) is 7.63. The van der Waals surface area contributed by atoms with Crippen LogP contribution in [0.1, 0.15) is 63.9 Å². The zero-order valence-electron chi connectivity index (χ0n) is 25.9. The van der Waals surface area contributed by atoms with Gasteiger partial charge in [0.15, 0.2) is 0 Å². The Morgan fingerprint density at radius 1 is 0.711 bits per heavy atom. The van der Waals surface area contributed by atoms with Gasteiger partial charge in [-0.25, -0.2) is 19.3 Å². The molecule has 0 radical (unpaired) electrons. The van der Waals surface area contributed by atoms with Crippen molar-refractivity contribution >= 4 is 23.7 Å². The fourth-order valence-electron chi connectivity index (χ4n) is 5.19. The molecule has 0 spiro atoms. The van der Waals surface area contributed by atoms with Crippen LogP contribution in [0.15, 0.2) is 102 Å². The average Bonchev–Trinajstić information content (AvgIpc) is 3.48. The molecule has 0 atom stereocenters. The van der Waals surface area contributed by atoms with Gasteiger partial charge >= 0.3 is 11.9 Å². The Labute approximate surface area is 268 Å². The fraction of sp³-hybridized carbons (Fsp3) is 0.243. The van der Waals surface area contributed by atoms with Gasteiger partial charge < -0.3 is 9.47 Å². The van der Waals surface area contributed by atoms with Gasteiger partial charge in [0.05, 0.1) is 31.9 Å². The number of rotatable bonds is 13. The van der Waals surface area contributed by atoms with E-state index in [1.807, 2.05) is 65.3 Å². The van der Waals surface area contributed by atoms with Gasteiger partial charge in [0, 0.05) is 12.2 Å². The molecule has 0 fully saturated rings. The fourth-order valence-corrected chi connectivity index (χ4v) is 6.01. The van der Waals surface area contributed by atoms with Gasteiger partial charge in [0.25, 0.3) is 0 Å². The molecule has 0 bridgehead atoms. The first-order chi connectivity index (χ1) is 22.0. The van der Waals surface area contributed by atoms with Crippen molar-refractivity contribution in [2.75, 3.05) is 14.2 Å². The average molecular weight is 620 g/mol. The molecule has 0 aliphatic heterocycles. The normalized spacial score (nSPS) is 10.9. The minimum atomic E-state index is -0.348. The lowest BCUT2D eigenvalue weighted by molar-refractivity contribution is 0.0592. The smallest absolute Gasteiger partial charge is 0.338 e. The Balaban J connectivity index is 1.29. The molecule has 0 aliphatic rings. The molecule has 8 heteroatoms. The lowest BCUT2D eigenvalue weighted by Crippen LogP contribution is -2.07. The van der Waals surface area contributed by atoms with Crippen molar-refractivity contribution in [2.45, 2.75) is 50.1 Å². The maximum Gasteiger partial charge on any atom is 0.338 e. The van der Waals surface area contributed by atoms with Crippen LogP contribution in [0.25, 0.3) is 22.3 Å². The molecule has 0 saturated heterocycles. The summed E-state index contributed by atoms with van der Waals surface area (Å²) in [7, 11) is 2.80. The van der Waals surface area contributed by atoms with E-state index in [-0.39, 0.29) is 11.9 Å². The highest BCUT2D eigenvalue weighted by Crippen LogP contribution is 2.28. The molecule has 0 unspecified atom stereocenters. The lowest BCUT2D eigenvalue weighted by Gasteiger charge is -2.10. The Morgan fingerprint density at radius 3 is 1.78 bits per heavy atom. The third-order valence-corrected chi connectivity index (χ3v) is 8.54. The molecule has 0 amide bonds. The van der Waals surface area contributed by atoms with Gasteiger partial charge in [-0.1, -0.05) is 116 Å². The van der Waals surface area contributed by atoms with E-state index in [9.17, 15) is 9.59 Å². The van der Waals surface area contributed by atoms with Gasteiger partial charge in [-0.05, 0) is 51.9 Å². The zero-order chi connectivity index (χ0) is 31.6. The number of nitrogens with zero attached hydrogens (tertiary/aromatic N) is 3. The molecule has 0 N–H and O–H groups in total. The van der Waals surface area contributed by atoms with Crippen molar-refractivity contribution in [3.05, 3.63) is 125 Å². The van der Waals surface area contributed by atoms with Crippen LogP contribution in [0, 0.1) is 0 Å². The van der Waals surface area contributed by atoms with E-state index in [0.29, 0.717) is 17.7 Å². The van der Waals surface area contributed by atoms with E-state index in [1.54, 1.807) is 23.9 Å². The molecule has 5 rings (SSSR count). The summed E-state index contributed by atoms with van der Waals surface area (Å²) < 4.78 is 11.9. The Hall–Kier alpha value is -4.69. The summed E-state index contributed by atoms with van der Waals surface area (Å²) in [6.07, 6.45) is 4.23. The predicted molar refractivity (Wildman–Crippen MR) is 178 cm³/mol. The second-order valence-corrected chi connectivity index (χ2v) is 11.6. The molecule has 230 valence electrons. The summed E-state index contributed by atoms with van der Waals surface area (Å²) in [5, 5.41) is 5.64. The van der Waals surface area contributed by atoms with Gasteiger partial charge in [0.1, 0.15) is 5.82 Å². The Morgan fingerprint density at radius 2 is 1.24 bits per heavy atom. The van der Waals surface area contributed by atoms with Crippen LogP contribution in [0.3, 0.4) is 0 Å². The van der Waals surface area contributed by atoms with E-state index < -0.39 is 0 Å². The van der Waals surface area contributed by atoms with Crippen molar-refractivity contribution in [2.24, 2.45) is 0 Å². The minimum absolute atomic E-state index is 0.346. The molecule has 45 heavy (non-hydrogen) atoms. The summed E-state index contributed by atoms with van der Waals surface area (Å²) in [5.41, 5.74) is 6.96. The quantitative estimate of drug-likeness (QED) is 0.0745. The number of unbranched alkanes of at least 4 members (excludes halogenated alkanes) is 2. The van der Waals surface area contributed by atoms with Gasteiger partial charge in [-0.2, -0.15) is 0 Å². The monoisotopic (exact) mass is 619 g/mol. The summed E-state index contributed by atoms with van der Waals surface area (Å²) >= 11 is 1.62. The van der Waals surface area contributed by atoms with E-state index in [0.717, 1.165) is 75.8 Å². The van der Waals surface area contributed by atoms with Crippen LogP contribution in [-0.4, -0.2) is 40.9 Å². The van der Waals surface area contributed by atoms with Crippen LogP contribution >= 0.6 is 11.8 Å². The van der Waals surface area contributed by atoms with Gasteiger partial charge in [-0.15, -0.1) is 5.10 Å². The molecule has 0 aliphatic carbocycles. The standard InChI is InChI=1S/C37H37N3O4S/c1-4-5-6-15-34-38-37(45-25-27-18-22-29(23-19-27)31-12-8-10-14-33(31)36(42)44-3)39-40(34)24-26-16-20-28(21-17-26)30-11-7-9-13-32(30)35(41)43-2/h7-14,16-23H,4-6,15,24-25H2,1-3H3. The van der Waals surface area contributed by atoms with Gasteiger partial charge in [-0.3, -0.25) is 0 Å². The summed E-state index contributed by atoms with van der Waals surface area (Å²) in [6.45, 7) is 2.81. The van der Waals surface area contributed by atoms with E-state index in [1.165, 1.54) is 14.2 Å². The van der Waals surface area contributed by atoms with Crippen molar-refractivity contribution < 1.29 is 19.1 Å². The van der Waals surface area contributed by atoms with E-state index in [4.69, 9.17) is 19.6 Å². The van der Waals surface area contributed by atoms with Crippen LogP contribution in [0.5, 0.6) is 0 Å². The first-order valence-corrected chi connectivity index (χ1v) is 16.1.